The second-order valence-corrected chi connectivity index (χ2v) is 13.5. The van der Waals surface area contributed by atoms with Gasteiger partial charge in [-0.15, -0.1) is 0 Å². The second-order valence-electron chi connectivity index (χ2n) is 9.15. The number of hydrogen-bond donors (Lipinski definition) is 1. The molecule has 0 spiro atoms. The Morgan fingerprint density at radius 2 is 1.55 bits per heavy atom. The number of hydrogen-bond acceptors (Lipinski definition) is 4. The highest BCUT2D eigenvalue weighted by atomic mass is 28.4. The van der Waals surface area contributed by atoms with Crippen LogP contribution in [0.15, 0.2) is 60.7 Å². The minimum Gasteiger partial charge on any atom is -0.407 e. The van der Waals surface area contributed by atoms with Gasteiger partial charge in [-0.3, -0.25) is 0 Å². The standard InChI is InChI=1S/C24H34O4Si/c1-23(2,3)29(21-11-7-5-8-12-21,22-13-9-6-10-14-22)28-16-20-15-24(20,17-25)18-27-19-26-4/h5-14,20,25H,15-19H2,1-4H3/t20-,24-/m1/s1. The molecule has 0 saturated heterocycles. The van der Waals surface area contributed by atoms with Gasteiger partial charge in [-0.1, -0.05) is 81.4 Å². The van der Waals surface area contributed by atoms with Crippen LogP contribution in [0.4, 0.5) is 0 Å². The fourth-order valence-corrected chi connectivity index (χ4v) is 9.01. The van der Waals surface area contributed by atoms with Gasteiger partial charge in [0.2, 0.25) is 0 Å². The fourth-order valence-electron chi connectivity index (χ4n) is 4.40. The maximum absolute atomic E-state index is 9.98. The molecule has 1 saturated carbocycles. The third kappa shape index (κ3) is 4.49. The molecule has 0 unspecified atom stereocenters. The fraction of sp³-hybridized carbons (Fsp3) is 0.500. The molecule has 0 bridgehead atoms. The molecule has 5 heteroatoms. The molecule has 0 amide bonds. The lowest BCUT2D eigenvalue weighted by Crippen LogP contribution is -2.66. The van der Waals surface area contributed by atoms with Gasteiger partial charge in [-0.25, -0.2) is 0 Å². The van der Waals surface area contributed by atoms with Crippen LogP contribution in [0.25, 0.3) is 0 Å². The number of aliphatic hydroxyl groups excluding tert-OH is 1. The van der Waals surface area contributed by atoms with Gasteiger partial charge in [0.05, 0.1) is 13.2 Å². The van der Waals surface area contributed by atoms with Crippen molar-refractivity contribution < 1.29 is 19.0 Å². The Morgan fingerprint density at radius 3 is 2.00 bits per heavy atom. The number of methoxy groups -OCH3 is 1. The Hall–Kier alpha value is -1.50. The van der Waals surface area contributed by atoms with Crippen molar-refractivity contribution in [3.8, 4) is 0 Å². The van der Waals surface area contributed by atoms with Crippen molar-refractivity contribution in [2.75, 3.05) is 33.7 Å². The summed E-state index contributed by atoms with van der Waals surface area (Å²) in [4.78, 5) is 0. The number of aliphatic hydroxyl groups is 1. The van der Waals surface area contributed by atoms with Gasteiger partial charge >= 0.3 is 0 Å². The Kier molecular flexibility index (Phi) is 6.97. The molecular weight excluding hydrogens is 380 g/mol. The number of ether oxygens (including phenoxy) is 2. The smallest absolute Gasteiger partial charge is 0.261 e. The molecule has 2 aromatic carbocycles. The van der Waals surface area contributed by atoms with E-state index in [-0.39, 0.29) is 23.9 Å². The van der Waals surface area contributed by atoms with Crippen molar-refractivity contribution >= 4 is 18.7 Å². The topological polar surface area (TPSA) is 47.9 Å². The van der Waals surface area contributed by atoms with Gasteiger partial charge in [-0.2, -0.15) is 0 Å². The Bertz CT molecular complexity index is 720. The van der Waals surface area contributed by atoms with Crippen LogP contribution in [0.3, 0.4) is 0 Å². The van der Waals surface area contributed by atoms with Crippen molar-refractivity contribution in [2.24, 2.45) is 11.3 Å². The minimum absolute atomic E-state index is 0.0426. The lowest BCUT2D eigenvalue weighted by molar-refractivity contribution is -0.0578. The third-order valence-electron chi connectivity index (χ3n) is 6.18. The molecule has 1 aliphatic carbocycles. The van der Waals surface area contributed by atoms with Crippen molar-refractivity contribution in [1.29, 1.82) is 0 Å². The highest BCUT2D eigenvalue weighted by Crippen LogP contribution is 2.53. The monoisotopic (exact) mass is 414 g/mol. The van der Waals surface area contributed by atoms with Gasteiger partial charge in [0, 0.05) is 19.1 Å². The molecule has 3 rings (SSSR count). The summed E-state index contributed by atoms with van der Waals surface area (Å²) in [5, 5.41) is 12.5. The van der Waals surface area contributed by atoms with Gasteiger partial charge in [0.25, 0.3) is 8.32 Å². The summed E-state index contributed by atoms with van der Waals surface area (Å²) in [6.07, 6.45) is 0.922. The summed E-state index contributed by atoms with van der Waals surface area (Å²) in [6.45, 7) is 8.36. The van der Waals surface area contributed by atoms with E-state index in [1.165, 1.54) is 10.4 Å². The first-order chi connectivity index (χ1) is 13.9. The molecule has 4 nitrogen and oxygen atoms in total. The predicted octanol–water partition coefficient (Wildman–Crippen LogP) is 3.18. The van der Waals surface area contributed by atoms with Crippen LogP contribution in [-0.4, -0.2) is 47.1 Å². The zero-order valence-corrected chi connectivity index (χ0v) is 19.1. The first kappa shape index (κ1) is 22.2. The van der Waals surface area contributed by atoms with Crippen LogP contribution >= 0.6 is 0 Å². The Morgan fingerprint density at radius 1 is 1.00 bits per heavy atom. The van der Waals surface area contributed by atoms with Crippen LogP contribution in [0.1, 0.15) is 27.2 Å². The molecule has 0 heterocycles. The van der Waals surface area contributed by atoms with E-state index >= 15 is 0 Å². The molecule has 2 aromatic rings. The summed E-state index contributed by atoms with van der Waals surface area (Å²) in [7, 11) is -0.919. The van der Waals surface area contributed by atoms with Gasteiger partial charge in [0.15, 0.2) is 0 Å². The predicted molar refractivity (Wildman–Crippen MR) is 119 cm³/mol. The molecule has 2 atom stereocenters. The molecule has 1 aliphatic rings. The highest BCUT2D eigenvalue weighted by molar-refractivity contribution is 6.99. The van der Waals surface area contributed by atoms with E-state index in [1.807, 2.05) is 0 Å². The zero-order valence-electron chi connectivity index (χ0n) is 18.1. The van der Waals surface area contributed by atoms with Crippen LogP contribution in [0, 0.1) is 11.3 Å². The summed E-state index contributed by atoms with van der Waals surface area (Å²) in [6, 6.07) is 21.3. The van der Waals surface area contributed by atoms with Gasteiger partial charge < -0.3 is 19.0 Å². The normalized spacial score (nSPS) is 21.9. The minimum atomic E-state index is -2.53. The van der Waals surface area contributed by atoms with E-state index in [0.717, 1.165) is 6.42 Å². The lowest BCUT2D eigenvalue weighted by Gasteiger charge is -2.43. The van der Waals surface area contributed by atoms with Gasteiger partial charge in [0.1, 0.15) is 6.79 Å². The van der Waals surface area contributed by atoms with E-state index in [2.05, 4.69) is 81.4 Å². The molecule has 0 radical (unpaired) electrons. The van der Waals surface area contributed by atoms with E-state index in [0.29, 0.717) is 19.1 Å². The van der Waals surface area contributed by atoms with Crippen LogP contribution in [-0.2, 0) is 13.9 Å². The highest BCUT2D eigenvalue weighted by Gasteiger charge is 2.57. The Balaban J connectivity index is 1.89. The van der Waals surface area contributed by atoms with Crippen molar-refractivity contribution in [3.63, 3.8) is 0 Å². The summed E-state index contributed by atoms with van der Waals surface area (Å²) < 4.78 is 17.6. The summed E-state index contributed by atoms with van der Waals surface area (Å²) in [5.74, 6) is 0.297. The van der Waals surface area contributed by atoms with Gasteiger partial charge in [-0.05, 0) is 27.8 Å². The van der Waals surface area contributed by atoms with Crippen molar-refractivity contribution in [1.82, 2.24) is 0 Å². The van der Waals surface area contributed by atoms with Crippen LogP contribution in [0.2, 0.25) is 5.04 Å². The first-order valence-electron chi connectivity index (χ1n) is 10.3. The maximum Gasteiger partial charge on any atom is 0.261 e. The van der Waals surface area contributed by atoms with Crippen molar-refractivity contribution in [3.05, 3.63) is 60.7 Å². The maximum atomic E-state index is 9.98. The van der Waals surface area contributed by atoms with E-state index in [4.69, 9.17) is 13.9 Å². The molecular formula is C24H34O4Si. The zero-order chi connectivity index (χ0) is 21.0. The first-order valence-corrected chi connectivity index (χ1v) is 12.2. The molecule has 29 heavy (non-hydrogen) atoms. The van der Waals surface area contributed by atoms with E-state index < -0.39 is 8.32 Å². The van der Waals surface area contributed by atoms with Crippen LogP contribution < -0.4 is 10.4 Å². The quantitative estimate of drug-likeness (QED) is 0.369. The van der Waals surface area contributed by atoms with E-state index in [9.17, 15) is 5.11 Å². The SMILES string of the molecule is COCOC[C@]1(CO)C[C@@H]1CO[Si](c1ccccc1)(c1ccccc1)C(C)(C)C. The second kappa shape index (κ2) is 9.10. The number of rotatable bonds is 10. The average Bonchev–Trinajstić information content (AvgIpc) is 3.43. The molecule has 158 valence electrons. The van der Waals surface area contributed by atoms with Crippen LogP contribution in [0.5, 0.6) is 0 Å². The lowest BCUT2D eigenvalue weighted by atomic mass is 10.1. The van der Waals surface area contributed by atoms with Crippen molar-refractivity contribution in [2.45, 2.75) is 32.2 Å². The molecule has 1 N–H and O–H groups in total. The molecule has 1 fully saturated rings. The Labute approximate surface area is 176 Å². The van der Waals surface area contributed by atoms with E-state index in [1.54, 1.807) is 7.11 Å². The molecule has 0 aliphatic heterocycles. The third-order valence-corrected chi connectivity index (χ3v) is 11.2. The molecule has 0 aromatic heterocycles. The largest absolute Gasteiger partial charge is 0.407 e. The summed E-state index contributed by atoms with van der Waals surface area (Å²) in [5.41, 5.74) is -0.204. The average molecular weight is 415 g/mol. The number of benzene rings is 2. The summed E-state index contributed by atoms with van der Waals surface area (Å²) >= 11 is 0.